The Morgan fingerprint density at radius 1 is 1.30 bits per heavy atom. The molecule has 0 atom stereocenters. The van der Waals surface area contributed by atoms with Gasteiger partial charge in [0.1, 0.15) is 5.84 Å². The number of hydrogen-bond acceptors (Lipinski definition) is 7. The highest BCUT2D eigenvalue weighted by Gasteiger charge is 2.24. The molecule has 1 aromatic carbocycles. The maximum Gasteiger partial charge on any atom is 0.241 e. The average molecular weight is 431 g/mol. The van der Waals surface area contributed by atoms with Crippen molar-refractivity contribution < 1.29 is 13.5 Å². The summed E-state index contributed by atoms with van der Waals surface area (Å²) >= 11 is 0. The van der Waals surface area contributed by atoms with E-state index < -0.39 is 15.6 Å². The minimum atomic E-state index is -3.73. The van der Waals surface area contributed by atoms with E-state index in [1.54, 1.807) is 39.0 Å². The van der Waals surface area contributed by atoms with Gasteiger partial charge in [-0.3, -0.25) is 0 Å². The van der Waals surface area contributed by atoms with Crippen LogP contribution in [0.3, 0.4) is 0 Å². The number of benzene rings is 1. The average Bonchev–Trinajstić information content (AvgIpc) is 3.47. The highest BCUT2D eigenvalue weighted by atomic mass is 32.2. The van der Waals surface area contributed by atoms with E-state index in [1.807, 2.05) is 0 Å². The molecule has 9 nitrogen and oxygen atoms in total. The lowest BCUT2D eigenvalue weighted by Crippen LogP contribution is -2.40. The molecule has 1 aliphatic carbocycles. The molecule has 0 bridgehead atoms. The Morgan fingerprint density at radius 2 is 2.00 bits per heavy atom. The van der Waals surface area contributed by atoms with E-state index in [9.17, 15) is 13.5 Å². The second-order valence-corrected chi connectivity index (χ2v) is 9.92. The highest BCUT2D eigenvalue weighted by Crippen LogP contribution is 2.33. The van der Waals surface area contributed by atoms with Crippen molar-refractivity contribution in [2.75, 3.05) is 0 Å². The SMILES string of the molecule is CC(C)(C)NS(=O)(=O)c1cccc(-c2ncc(O)c(N=C(N)C=C(N)C3CC3)n2)c1. The molecule has 0 amide bonds. The van der Waals surface area contributed by atoms with Crippen LogP contribution < -0.4 is 16.2 Å². The molecule has 1 aliphatic rings. The lowest BCUT2D eigenvalue weighted by molar-refractivity contribution is 0.471. The number of aliphatic imine (C=N–C) groups is 1. The summed E-state index contributed by atoms with van der Waals surface area (Å²) in [6, 6.07) is 6.21. The van der Waals surface area contributed by atoms with Crippen molar-refractivity contribution >= 4 is 21.7 Å². The molecule has 0 radical (unpaired) electrons. The van der Waals surface area contributed by atoms with Crippen molar-refractivity contribution in [2.24, 2.45) is 22.4 Å². The Hall–Kier alpha value is -2.98. The zero-order valence-corrected chi connectivity index (χ0v) is 17.9. The maximum absolute atomic E-state index is 12.6. The summed E-state index contributed by atoms with van der Waals surface area (Å²) in [5, 5.41) is 10.1. The molecule has 0 spiro atoms. The van der Waals surface area contributed by atoms with Gasteiger partial charge >= 0.3 is 0 Å². The number of aromatic hydroxyl groups is 1. The molecule has 0 unspecified atom stereocenters. The Bertz CT molecular complexity index is 1120. The Labute approximate surface area is 176 Å². The molecule has 1 heterocycles. The van der Waals surface area contributed by atoms with E-state index in [4.69, 9.17) is 11.5 Å². The molecule has 1 saturated carbocycles. The van der Waals surface area contributed by atoms with Crippen LogP contribution in [0.4, 0.5) is 5.82 Å². The monoisotopic (exact) mass is 430 g/mol. The summed E-state index contributed by atoms with van der Waals surface area (Å²) in [5.41, 5.74) is 12.3. The van der Waals surface area contributed by atoms with Crippen LogP contribution in [0, 0.1) is 5.92 Å². The van der Waals surface area contributed by atoms with Gasteiger partial charge in [-0.15, -0.1) is 0 Å². The number of allylic oxidation sites excluding steroid dienone is 1. The lowest BCUT2D eigenvalue weighted by atomic mass is 10.1. The second-order valence-electron chi connectivity index (χ2n) is 8.24. The van der Waals surface area contributed by atoms with Crippen LogP contribution in [0.1, 0.15) is 33.6 Å². The first-order valence-corrected chi connectivity index (χ1v) is 10.9. The molecule has 1 fully saturated rings. The van der Waals surface area contributed by atoms with Crippen molar-refractivity contribution in [1.29, 1.82) is 0 Å². The standard InChI is InChI=1S/C20H26N6O3S/c1-20(2,3)26-30(28,29)14-6-4-5-13(9-14)18-23-11-16(27)19(25-18)24-17(22)10-15(21)12-7-8-12/h4-6,9-12,26-27H,7-8,21H2,1-3H3,(H2,22,23,24,25). The number of nitrogens with zero attached hydrogens (tertiary/aromatic N) is 3. The van der Waals surface area contributed by atoms with Gasteiger partial charge in [0.05, 0.1) is 11.1 Å². The summed E-state index contributed by atoms with van der Waals surface area (Å²) in [5.74, 6) is 0.368. The van der Waals surface area contributed by atoms with Gasteiger partial charge in [-0.05, 0) is 57.7 Å². The van der Waals surface area contributed by atoms with Crippen molar-refractivity contribution in [1.82, 2.24) is 14.7 Å². The minimum Gasteiger partial charge on any atom is -0.503 e. The Kier molecular flexibility index (Phi) is 5.82. The molecular formula is C20H26N6O3S. The fourth-order valence-electron chi connectivity index (χ4n) is 2.71. The molecule has 10 heteroatoms. The van der Waals surface area contributed by atoms with E-state index in [1.165, 1.54) is 18.3 Å². The van der Waals surface area contributed by atoms with Gasteiger partial charge in [0.15, 0.2) is 17.4 Å². The number of aromatic nitrogens is 2. The largest absolute Gasteiger partial charge is 0.503 e. The molecule has 1 aromatic heterocycles. The first kappa shape index (κ1) is 21.7. The van der Waals surface area contributed by atoms with Crippen LogP contribution in [-0.4, -0.2) is 34.9 Å². The molecule has 3 rings (SSSR count). The van der Waals surface area contributed by atoms with Gasteiger partial charge in [0.25, 0.3) is 0 Å². The number of rotatable bonds is 6. The molecule has 2 aromatic rings. The molecular weight excluding hydrogens is 404 g/mol. The van der Waals surface area contributed by atoms with Crippen molar-refractivity contribution in [2.45, 2.75) is 44.0 Å². The van der Waals surface area contributed by atoms with Gasteiger partial charge in [-0.2, -0.15) is 0 Å². The predicted molar refractivity (Wildman–Crippen MR) is 115 cm³/mol. The zero-order valence-electron chi connectivity index (χ0n) is 17.1. The number of amidine groups is 1. The van der Waals surface area contributed by atoms with Crippen LogP contribution in [0.15, 0.2) is 52.1 Å². The number of sulfonamides is 1. The number of nitrogens with two attached hydrogens (primary N) is 2. The van der Waals surface area contributed by atoms with Crippen LogP contribution in [0.2, 0.25) is 0 Å². The molecule has 160 valence electrons. The summed E-state index contributed by atoms with van der Waals surface area (Å²) in [4.78, 5) is 12.5. The summed E-state index contributed by atoms with van der Waals surface area (Å²) in [6.07, 6.45) is 4.81. The van der Waals surface area contributed by atoms with E-state index in [-0.39, 0.29) is 28.1 Å². The van der Waals surface area contributed by atoms with E-state index >= 15 is 0 Å². The zero-order chi connectivity index (χ0) is 22.1. The van der Waals surface area contributed by atoms with E-state index in [0.29, 0.717) is 17.2 Å². The van der Waals surface area contributed by atoms with Gasteiger partial charge in [0, 0.05) is 16.8 Å². The van der Waals surface area contributed by atoms with Gasteiger partial charge in [-0.1, -0.05) is 12.1 Å². The quantitative estimate of drug-likeness (QED) is 0.404. The van der Waals surface area contributed by atoms with Crippen molar-refractivity contribution in [3.05, 3.63) is 42.2 Å². The summed E-state index contributed by atoms with van der Waals surface area (Å²) in [6.45, 7) is 5.28. The first-order valence-electron chi connectivity index (χ1n) is 9.46. The predicted octanol–water partition coefficient (Wildman–Crippen LogP) is 2.17. The molecule has 0 saturated heterocycles. The lowest BCUT2D eigenvalue weighted by Gasteiger charge is -2.20. The molecule has 6 N–H and O–H groups in total. The van der Waals surface area contributed by atoms with Crippen LogP contribution in [0.5, 0.6) is 5.75 Å². The summed E-state index contributed by atoms with van der Waals surface area (Å²) in [7, 11) is -3.73. The van der Waals surface area contributed by atoms with Crippen molar-refractivity contribution in [3.8, 4) is 17.1 Å². The first-order chi connectivity index (χ1) is 13.9. The Morgan fingerprint density at radius 3 is 2.63 bits per heavy atom. The van der Waals surface area contributed by atoms with Gasteiger partial charge in [-0.25, -0.2) is 28.1 Å². The second kappa shape index (κ2) is 8.04. The number of hydrogen-bond donors (Lipinski definition) is 4. The minimum absolute atomic E-state index is 0.0292. The third-order valence-corrected chi connectivity index (χ3v) is 5.95. The highest BCUT2D eigenvalue weighted by molar-refractivity contribution is 7.89. The topological polar surface area (TPSA) is 157 Å². The van der Waals surface area contributed by atoms with E-state index in [2.05, 4.69) is 19.7 Å². The van der Waals surface area contributed by atoms with Gasteiger partial charge in [0.2, 0.25) is 10.0 Å². The van der Waals surface area contributed by atoms with Gasteiger partial charge < -0.3 is 16.6 Å². The van der Waals surface area contributed by atoms with E-state index in [0.717, 1.165) is 12.8 Å². The molecule has 0 aliphatic heterocycles. The normalized spacial score (nSPS) is 16.0. The smallest absolute Gasteiger partial charge is 0.241 e. The third-order valence-electron chi connectivity index (χ3n) is 4.19. The van der Waals surface area contributed by atoms with Crippen molar-refractivity contribution in [3.63, 3.8) is 0 Å². The third kappa shape index (κ3) is 5.55. The van der Waals surface area contributed by atoms with Crippen LogP contribution in [-0.2, 0) is 10.0 Å². The van der Waals surface area contributed by atoms with Crippen LogP contribution in [0.25, 0.3) is 11.4 Å². The maximum atomic E-state index is 12.6. The Balaban J connectivity index is 1.94. The fraction of sp³-hybridized carbons (Fsp3) is 0.350. The van der Waals surface area contributed by atoms with Crippen LogP contribution >= 0.6 is 0 Å². The number of nitrogens with one attached hydrogen (secondary N) is 1. The summed E-state index contributed by atoms with van der Waals surface area (Å²) < 4.78 is 27.8. The molecule has 30 heavy (non-hydrogen) atoms. The fourth-order valence-corrected chi connectivity index (χ4v) is 4.18.